The first-order valence-electron chi connectivity index (χ1n) is 9.63. The Hall–Kier alpha value is -2.13. The topological polar surface area (TPSA) is 50.6 Å². The van der Waals surface area contributed by atoms with E-state index in [1.807, 2.05) is 26.0 Å². The van der Waals surface area contributed by atoms with E-state index in [1.54, 1.807) is 18.1 Å². The van der Waals surface area contributed by atoms with Crippen molar-refractivity contribution in [3.05, 3.63) is 39.6 Å². The zero-order valence-electron chi connectivity index (χ0n) is 17.5. The first kappa shape index (κ1) is 23.5. The Balaban J connectivity index is 1.75. The fourth-order valence-electron chi connectivity index (χ4n) is 3.74. The number of benzene rings is 1. The number of ether oxygens (including phenoxy) is 1. The molecule has 2 atom stereocenters. The van der Waals surface area contributed by atoms with Crippen LogP contribution in [0.5, 0.6) is 5.75 Å². The van der Waals surface area contributed by atoms with Gasteiger partial charge >= 0.3 is 6.18 Å². The van der Waals surface area contributed by atoms with E-state index < -0.39 is 16.9 Å². The average molecular weight is 479 g/mol. The van der Waals surface area contributed by atoms with Gasteiger partial charge < -0.3 is 14.5 Å². The molecule has 1 aromatic carbocycles. The minimum Gasteiger partial charge on any atom is -0.495 e. The fourth-order valence-corrected chi connectivity index (χ4v) is 4.18. The second-order valence-corrected chi connectivity index (χ2v) is 8.40. The summed E-state index contributed by atoms with van der Waals surface area (Å²) in [4.78, 5) is 16.7. The lowest BCUT2D eigenvalue weighted by atomic mass is 10.1. The summed E-state index contributed by atoms with van der Waals surface area (Å²) in [6.07, 6.45) is -4.68. The number of anilines is 1. The van der Waals surface area contributed by atoms with Crippen molar-refractivity contribution in [3.63, 3.8) is 0 Å². The van der Waals surface area contributed by atoms with Crippen molar-refractivity contribution in [2.45, 2.75) is 45.6 Å². The molecule has 1 fully saturated rings. The van der Waals surface area contributed by atoms with E-state index in [0.29, 0.717) is 23.9 Å². The molecule has 1 aliphatic rings. The van der Waals surface area contributed by atoms with Crippen LogP contribution in [0.3, 0.4) is 0 Å². The van der Waals surface area contributed by atoms with Gasteiger partial charge in [0.2, 0.25) is 5.91 Å². The lowest BCUT2D eigenvalue weighted by Gasteiger charge is -2.45. The zero-order chi connectivity index (χ0) is 23.1. The van der Waals surface area contributed by atoms with Crippen molar-refractivity contribution in [1.29, 1.82) is 0 Å². The smallest absolute Gasteiger partial charge is 0.436 e. The van der Waals surface area contributed by atoms with Crippen LogP contribution < -0.4 is 9.64 Å². The molecule has 170 valence electrons. The molecule has 3 rings (SSSR count). The highest BCUT2D eigenvalue weighted by atomic mass is 35.5. The first-order valence-corrected chi connectivity index (χ1v) is 10.4. The number of amides is 1. The van der Waals surface area contributed by atoms with Gasteiger partial charge in [0.05, 0.1) is 22.8 Å². The van der Waals surface area contributed by atoms with E-state index in [9.17, 15) is 18.0 Å². The molecule has 1 saturated heterocycles. The van der Waals surface area contributed by atoms with Crippen LogP contribution >= 0.6 is 23.2 Å². The lowest BCUT2D eigenvalue weighted by molar-refractivity contribution is -0.142. The van der Waals surface area contributed by atoms with E-state index in [2.05, 4.69) is 10.00 Å². The van der Waals surface area contributed by atoms with Gasteiger partial charge in [0, 0.05) is 36.9 Å². The van der Waals surface area contributed by atoms with Crippen molar-refractivity contribution in [2.24, 2.45) is 0 Å². The molecule has 1 aliphatic heterocycles. The third-order valence-corrected chi connectivity index (χ3v) is 6.22. The second kappa shape index (κ2) is 8.78. The fraction of sp³-hybridized carbons (Fsp3) is 0.500. The summed E-state index contributed by atoms with van der Waals surface area (Å²) in [5.41, 5.74) is -0.158. The van der Waals surface area contributed by atoms with Gasteiger partial charge in [-0.3, -0.25) is 9.48 Å². The molecule has 0 radical (unpaired) electrons. The van der Waals surface area contributed by atoms with Gasteiger partial charge in [0.1, 0.15) is 12.3 Å². The van der Waals surface area contributed by atoms with Gasteiger partial charge in [-0.15, -0.1) is 0 Å². The molecular weight excluding hydrogens is 456 g/mol. The van der Waals surface area contributed by atoms with E-state index in [0.717, 1.165) is 10.4 Å². The molecule has 2 aromatic rings. The molecule has 1 amide bonds. The minimum atomic E-state index is -4.68. The summed E-state index contributed by atoms with van der Waals surface area (Å²) >= 11 is 11.9. The summed E-state index contributed by atoms with van der Waals surface area (Å²) in [5, 5.41) is 3.55. The number of nitrogens with zero attached hydrogens (tertiary/aromatic N) is 4. The van der Waals surface area contributed by atoms with Crippen molar-refractivity contribution >= 4 is 34.8 Å². The van der Waals surface area contributed by atoms with Crippen molar-refractivity contribution in [2.75, 3.05) is 25.1 Å². The molecule has 0 unspecified atom stereocenters. The predicted molar refractivity (Wildman–Crippen MR) is 113 cm³/mol. The van der Waals surface area contributed by atoms with Gasteiger partial charge in [0.25, 0.3) is 0 Å². The molecule has 11 heteroatoms. The Labute approximate surface area is 188 Å². The maximum absolute atomic E-state index is 13.1. The van der Waals surface area contributed by atoms with Crippen LogP contribution in [0, 0.1) is 6.92 Å². The number of hydrogen-bond acceptors (Lipinski definition) is 4. The highest BCUT2D eigenvalue weighted by molar-refractivity contribution is 6.32. The summed E-state index contributed by atoms with van der Waals surface area (Å²) in [5.74, 6) is 0.243. The Morgan fingerprint density at radius 2 is 1.90 bits per heavy atom. The van der Waals surface area contributed by atoms with Crippen LogP contribution in [-0.4, -0.2) is 52.9 Å². The van der Waals surface area contributed by atoms with Gasteiger partial charge in [-0.05, 0) is 32.9 Å². The second-order valence-electron chi connectivity index (χ2n) is 7.62. The van der Waals surface area contributed by atoms with Gasteiger partial charge in [-0.1, -0.05) is 23.2 Å². The third kappa shape index (κ3) is 4.72. The molecule has 0 N–H and O–H groups in total. The maximum Gasteiger partial charge on any atom is 0.436 e. The Kier molecular flexibility index (Phi) is 6.67. The molecule has 6 nitrogen and oxygen atoms in total. The number of rotatable bonds is 4. The molecular formula is C20H23Cl2F3N4O2. The van der Waals surface area contributed by atoms with Gasteiger partial charge in [0.15, 0.2) is 5.69 Å². The predicted octanol–water partition coefficient (Wildman–Crippen LogP) is 4.65. The van der Waals surface area contributed by atoms with Gasteiger partial charge in [-0.2, -0.15) is 18.3 Å². The average Bonchev–Trinajstić information content (AvgIpc) is 2.98. The van der Waals surface area contributed by atoms with E-state index in [1.165, 1.54) is 6.92 Å². The van der Waals surface area contributed by atoms with Crippen LogP contribution in [0.25, 0.3) is 0 Å². The number of alkyl halides is 3. The normalized spacial score (nSPS) is 19.6. The third-order valence-electron chi connectivity index (χ3n) is 5.46. The number of halogens is 5. The maximum atomic E-state index is 13.1. The quantitative estimate of drug-likeness (QED) is 0.641. The SMILES string of the molecule is COc1cc(N2C[C@H](C)N(C(=O)Cn3nc(C(F)(F)F)c(Cl)c3C)C[C@H]2C)ccc1Cl. The molecule has 1 aromatic heterocycles. The zero-order valence-corrected chi connectivity index (χ0v) is 19.0. The van der Waals surface area contributed by atoms with Gasteiger partial charge in [-0.25, -0.2) is 0 Å². The molecule has 31 heavy (non-hydrogen) atoms. The molecule has 0 aliphatic carbocycles. The largest absolute Gasteiger partial charge is 0.495 e. The summed E-state index contributed by atoms with van der Waals surface area (Å²) in [6.45, 7) is 5.93. The molecule has 0 bridgehead atoms. The molecule has 2 heterocycles. The van der Waals surface area contributed by atoms with Crippen LogP contribution in [0.4, 0.5) is 18.9 Å². The first-order chi connectivity index (χ1) is 14.4. The van der Waals surface area contributed by atoms with E-state index in [-0.39, 0.29) is 30.2 Å². The monoisotopic (exact) mass is 478 g/mol. The number of methoxy groups -OCH3 is 1. The Bertz CT molecular complexity index is 980. The van der Waals surface area contributed by atoms with Crippen molar-refractivity contribution in [1.82, 2.24) is 14.7 Å². The minimum absolute atomic E-state index is 0.0286. The van der Waals surface area contributed by atoms with E-state index >= 15 is 0 Å². The Morgan fingerprint density at radius 3 is 2.48 bits per heavy atom. The summed E-state index contributed by atoms with van der Waals surface area (Å²) < 4.78 is 45.5. The van der Waals surface area contributed by atoms with Crippen molar-refractivity contribution < 1.29 is 22.7 Å². The van der Waals surface area contributed by atoms with E-state index in [4.69, 9.17) is 27.9 Å². The molecule has 0 spiro atoms. The highest BCUT2D eigenvalue weighted by Gasteiger charge is 2.39. The number of carbonyl (C=O) groups is 1. The van der Waals surface area contributed by atoms with Crippen LogP contribution in [-0.2, 0) is 17.5 Å². The molecule has 0 saturated carbocycles. The summed E-state index contributed by atoms with van der Waals surface area (Å²) in [6, 6.07) is 5.29. The van der Waals surface area contributed by atoms with Crippen LogP contribution in [0.2, 0.25) is 10.0 Å². The standard InChI is InChI=1S/C20H23Cl2F3N4O2/c1-11-9-28(12(2)8-27(11)14-5-6-15(21)16(7-14)31-4)17(30)10-29-13(3)18(22)19(26-29)20(23,24)25/h5-7,11-12H,8-10H2,1-4H3/t11-,12+/m1/s1. The number of piperazine rings is 1. The number of carbonyl (C=O) groups excluding carboxylic acids is 1. The number of hydrogen-bond donors (Lipinski definition) is 0. The Morgan fingerprint density at radius 1 is 1.23 bits per heavy atom. The van der Waals surface area contributed by atoms with Crippen LogP contribution in [0.15, 0.2) is 18.2 Å². The highest BCUT2D eigenvalue weighted by Crippen LogP contribution is 2.35. The summed E-state index contributed by atoms with van der Waals surface area (Å²) in [7, 11) is 1.54. The lowest BCUT2D eigenvalue weighted by Crippen LogP contribution is -2.58. The van der Waals surface area contributed by atoms with Crippen molar-refractivity contribution in [3.8, 4) is 5.75 Å². The van der Waals surface area contributed by atoms with Crippen LogP contribution in [0.1, 0.15) is 25.2 Å². The number of aromatic nitrogens is 2.